The number of hydrogen-bond acceptors (Lipinski definition) is 5. The largest absolute Gasteiger partial charge is 0.381 e. The van der Waals surface area contributed by atoms with Crippen LogP contribution >= 0.6 is 0 Å². The molecule has 1 N–H and O–H groups in total. The van der Waals surface area contributed by atoms with Crippen molar-refractivity contribution in [3.05, 3.63) is 17.1 Å². The van der Waals surface area contributed by atoms with Crippen LogP contribution in [0.25, 0.3) is 0 Å². The molecule has 5 heteroatoms. The van der Waals surface area contributed by atoms with Gasteiger partial charge in [-0.1, -0.05) is 0 Å². The van der Waals surface area contributed by atoms with Crippen LogP contribution in [0.1, 0.15) is 49.7 Å². The number of aryl methyl sites for hydroxylation is 1. The van der Waals surface area contributed by atoms with E-state index in [0.29, 0.717) is 6.61 Å². The normalized spacial score (nSPS) is 20.9. The second-order valence-corrected chi connectivity index (χ2v) is 5.82. The van der Waals surface area contributed by atoms with E-state index in [9.17, 15) is 0 Å². The van der Waals surface area contributed by atoms with Crippen molar-refractivity contribution in [1.29, 1.82) is 0 Å². The summed E-state index contributed by atoms with van der Waals surface area (Å²) in [6, 6.07) is 0. The standard InChI is InChI=1S/C16H25N3O2/c1-3-21-16(8-10-20-11-9-16)15-18-13-7-5-4-6-12(13)14(17-2)19-15/h3-11H2,1-2H3,(H,17,18,19). The van der Waals surface area contributed by atoms with E-state index in [2.05, 4.69) is 5.32 Å². The lowest BCUT2D eigenvalue weighted by molar-refractivity contribution is -0.117. The number of ether oxygens (including phenoxy) is 2. The summed E-state index contributed by atoms with van der Waals surface area (Å²) in [5, 5.41) is 3.26. The highest BCUT2D eigenvalue weighted by Crippen LogP contribution is 2.36. The lowest BCUT2D eigenvalue weighted by Crippen LogP contribution is -2.39. The summed E-state index contributed by atoms with van der Waals surface area (Å²) in [5.41, 5.74) is 2.14. The number of nitrogens with zero attached hydrogens (tertiary/aromatic N) is 2. The highest BCUT2D eigenvalue weighted by Gasteiger charge is 2.39. The Kier molecular flexibility index (Phi) is 4.40. The van der Waals surface area contributed by atoms with Crippen LogP contribution in [-0.2, 0) is 27.9 Å². The maximum absolute atomic E-state index is 6.11. The Hall–Kier alpha value is -1.20. The first kappa shape index (κ1) is 14.7. The first-order chi connectivity index (χ1) is 10.3. The zero-order valence-electron chi connectivity index (χ0n) is 13.1. The Morgan fingerprint density at radius 2 is 1.95 bits per heavy atom. The average molecular weight is 291 g/mol. The maximum Gasteiger partial charge on any atom is 0.163 e. The van der Waals surface area contributed by atoms with E-state index in [1.54, 1.807) is 0 Å². The van der Waals surface area contributed by atoms with E-state index in [4.69, 9.17) is 19.4 Å². The fourth-order valence-electron chi connectivity index (χ4n) is 3.41. The van der Waals surface area contributed by atoms with Crippen molar-refractivity contribution in [3.63, 3.8) is 0 Å². The second kappa shape index (κ2) is 6.28. The molecule has 1 aliphatic heterocycles. The van der Waals surface area contributed by atoms with Gasteiger partial charge in [0.05, 0.1) is 0 Å². The molecule has 0 saturated carbocycles. The van der Waals surface area contributed by atoms with E-state index in [-0.39, 0.29) is 5.60 Å². The lowest BCUT2D eigenvalue weighted by Gasteiger charge is -2.36. The molecule has 0 spiro atoms. The van der Waals surface area contributed by atoms with Gasteiger partial charge < -0.3 is 14.8 Å². The highest BCUT2D eigenvalue weighted by molar-refractivity contribution is 5.47. The van der Waals surface area contributed by atoms with Crippen molar-refractivity contribution in [2.75, 3.05) is 32.2 Å². The fourth-order valence-corrected chi connectivity index (χ4v) is 3.41. The van der Waals surface area contributed by atoms with Crippen LogP contribution in [0, 0.1) is 0 Å². The molecule has 3 rings (SSSR count). The number of nitrogens with one attached hydrogen (secondary N) is 1. The van der Waals surface area contributed by atoms with Gasteiger partial charge in [0, 0.05) is 51.0 Å². The Morgan fingerprint density at radius 3 is 2.67 bits per heavy atom. The van der Waals surface area contributed by atoms with Crippen LogP contribution < -0.4 is 5.32 Å². The van der Waals surface area contributed by atoms with E-state index in [1.807, 2.05) is 14.0 Å². The number of anilines is 1. The molecule has 2 heterocycles. The predicted molar refractivity (Wildman–Crippen MR) is 81.6 cm³/mol. The minimum Gasteiger partial charge on any atom is -0.381 e. The summed E-state index contributed by atoms with van der Waals surface area (Å²) < 4.78 is 11.6. The van der Waals surface area contributed by atoms with Gasteiger partial charge in [0.2, 0.25) is 0 Å². The summed E-state index contributed by atoms with van der Waals surface area (Å²) in [7, 11) is 1.94. The monoisotopic (exact) mass is 291 g/mol. The van der Waals surface area contributed by atoms with Gasteiger partial charge in [0.1, 0.15) is 11.4 Å². The Morgan fingerprint density at radius 1 is 1.19 bits per heavy atom. The molecule has 0 amide bonds. The summed E-state index contributed by atoms with van der Waals surface area (Å²) in [4.78, 5) is 9.72. The molecule has 0 aromatic carbocycles. The molecule has 0 atom stereocenters. The first-order valence-electron chi connectivity index (χ1n) is 8.09. The molecule has 1 aromatic heterocycles. The Labute approximate surface area is 126 Å². The quantitative estimate of drug-likeness (QED) is 0.923. The van der Waals surface area contributed by atoms with Gasteiger partial charge in [-0.15, -0.1) is 0 Å². The Balaban J connectivity index is 2.03. The van der Waals surface area contributed by atoms with Crippen molar-refractivity contribution in [3.8, 4) is 0 Å². The minimum atomic E-state index is -0.370. The molecule has 0 radical (unpaired) electrons. The first-order valence-corrected chi connectivity index (χ1v) is 8.09. The van der Waals surface area contributed by atoms with Crippen LogP contribution in [0.15, 0.2) is 0 Å². The molecule has 1 saturated heterocycles. The van der Waals surface area contributed by atoms with Crippen molar-refractivity contribution >= 4 is 5.82 Å². The van der Waals surface area contributed by atoms with Crippen molar-refractivity contribution in [1.82, 2.24) is 9.97 Å². The van der Waals surface area contributed by atoms with Crippen LogP contribution in [0.4, 0.5) is 5.82 Å². The lowest BCUT2D eigenvalue weighted by atomic mass is 9.91. The van der Waals surface area contributed by atoms with Crippen LogP contribution in [0.2, 0.25) is 0 Å². The molecule has 1 aromatic rings. The van der Waals surface area contributed by atoms with Gasteiger partial charge >= 0.3 is 0 Å². The average Bonchev–Trinajstić information content (AvgIpc) is 2.55. The molecule has 1 aliphatic carbocycles. The number of fused-ring (bicyclic) bond motifs is 1. The van der Waals surface area contributed by atoms with Crippen LogP contribution in [0.5, 0.6) is 0 Å². The van der Waals surface area contributed by atoms with Crippen molar-refractivity contribution < 1.29 is 9.47 Å². The summed E-state index contributed by atoms with van der Waals surface area (Å²) in [5.74, 6) is 1.83. The smallest absolute Gasteiger partial charge is 0.163 e. The Bertz CT molecular complexity index is 476. The van der Waals surface area contributed by atoms with Gasteiger partial charge in [-0.05, 0) is 32.6 Å². The van der Waals surface area contributed by atoms with Crippen LogP contribution in [0.3, 0.4) is 0 Å². The molecule has 5 nitrogen and oxygen atoms in total. The van der Waals surface area contributed by atoms with Gasteiger partial charge in [-0.25, -0.2) is 9.97 Å². The highest BCUT2D eigenvalue weighted by atomic mass is 16.5. The van der Waals surface area contributed by atoms with E-state index in [1.165, 1.54) is 24.1 Å². The summed E-state index contributed by atoms with van der Waals surface area (Å²) >= 11 is 0. The minimum absolute atomic E-state index is 0.370. The molecule has 1 fully saturated rings. The predicted octanol–water partition coefficient (Wildman–Crippen LogP) is 2.44. The third-order valence-corrected chi connectivity index (χ3v) is 4.55. The van der Waals surface area contributed by atoms with Crippen molar-refractivity contribution in [2.24, 2.45) is 0 Å². The molecule has 116 valence electrons. The van der Waals surface area contributed by atoms with E-state index >= 15 is 0 Å². The molecule has 21 heavy (non-hydrogen) atoms. The number of hydrogen-bond donors (Lipinski definition) is 1. The van der Waals surface area contributed by atoms with Gasteiger partial charge in [-0.3, -0.25) is 0 Å². The topological polar surface area (TPSA) is 56.3 Å². The number of rotatable bonds is 4. The number of aromatic nitrogens is 2. The molecule has 0 unspecified atom stereocenters. The van der Waals surface area contributed by atoms with Crippen molar-refractivity contribution in [2.45, 2.75) is 51.0 Å². The third kappa shape index (κ3) is 2.77. The molecular formula is C16H25N3O2. The zero-order valence-corrected chi connectivity index (χ0v) is 13.1. The summed E-state index contributed by atoms with van der Waals surface area (Å²) in [6.45, 7) is 4.15. The third-order valence-electron chi connectivity index (χ3n) is 4.55. The van der Waals surface area contributed by atoms with E-state index in [0.717, 1.165) is 50.5 Å². The molecule has 2 aliphatic rings. The maximum atomic E-state index is 6.11. The van der Waals surface area contributed by atoms with Gasteiger partial charge in [-0.2, -0.15) is 0 Å². The SMILES string of the molecule is CCOC1(c2nc3c(c(NC)n2)CCCC3)CCOCC1. The van der Waals surface area contributed by atoms with Gasteiger partial charge in [0.15, 0.2) is 5.82 Å². The molecular weight excluding hydrogens is 266 g/mol. The van der Waals surface area contributed by atoms with Gasteiger partial charge in [0.25, 0.3) is 0 Å². The fraction of sp³-hybridized carbons (Fsp3) is 0.750. The molecule has 0 bridgehead atoms. The van der Waals surface area contributed by atoms with E-state index < -0.39 is 0 Å². The van der Waals surface area contributed by atoms with Crippen LogP contribution in [-0.4, -0.2) is 36.8 Å². The summed E-state index contributed by atoms with van der Waals surface area (Å²) in [6.07, 6.45) is 6.26. The second-order valence-electron chi connectivity index (χ2n) is 5.82. The zero-order chi connectivity index (χ0) is 14.7.